The summed E-state index contributed by atoms with van der Waals surface area (Å²) in [4.78, 5) is 14.1. The van der Waals surface area contributed by atoms with Gasteiger partial charge in [-0.05, 0) is 49.2 Å². The Kier molecular flexibility index (Phi) is 6.47. The summed E-state index contributed by atoms with van der Waals surface area (Å²) in [7, 11) is 0. The number of hydrogen-bond donors (Lipinski definition) is 0. The van der Waals surface area contributed by atoms with Crippen molar-refractivity contribution in [1.82, 2.24) is 9.78 Å². The van der Waals surface area contributed by atoms with Crippen LogP contribution >= 0.6 is 11.6 Å². The normalized spacial score (nSPS) is 20.6. The van der Waals surface area contributed by atoms with E-state index in [0.717, 1.165) is 33.8 Å². The summed E-state index contributed by atoms with van der Waals surface area (Å²) in [5, 5.41) is 5.53. The fourth-order valence-electron chi connectivity index (χ4n) is 5.16. The Hall–Kier alpha value is -3.41. The first-order valence-electron chi connectivity index (χ1n) is 12.4. The van der Waals surface area contributed by atoms with E-state index in [1.54, 1.807) is 0 Å². The predicted octanol–water partition coefficient (Wildman–Crippen LogP) is 7.12. The minimum atomic E-state index is -1.42. The number of para-hydroxylation sites is 1. The molecule has 0 amide bonds. The molecule has 3 atom stereocenters. The van der Waals surface area contributed by atoms with Crippen molar-refractivity contribution in [2.45, 2.75) is 52.4 Å². The second kappa shape index (κ2) is 9.47. The van der Waals surface area contributed by atoms with Crippen LogP contribution in [0.2, 0.25) is 5.02 Å². The molecular formula is C31H31ClN2O3. The molecule has 1 fully saturated rings. The van der Waals surface area contributed by atoms with Gasteiger partial charge in [0, 0.05) is 21.7 Å². The zero-order chi connectivity index (χ0) is 26.4. The first kappa shape index (κ1) is 25.2. The quantitative estimate of drug-likeness (QED) is 0.266. The lowest BCUT2D eigenvalue weighted by Crippen LogP contribution is -2.42. The number of rotatable bonds is 5. The summed E-state index contributed by atoms with van der Waals surface area (Å²) in [6.07, 6.45) is -0.722. The number of nitrogens with zero attached hydrogens (tertiary/aromatic N) is 2. The number of carbonyl (C=O) groups excluding carboxylic acids is 1. The van der Waals surface area contributed by atoms with Crippen molar-refractivity contribution in [2.75, 3.05) is 0 Å². The third kappa shape index (κ3) is 4.36. The highest BCUT2D eigenvalue weighted by atomic mass is 35.5. The number of ether oxygens (including phenoxy) is 2. The number of aromatic nitrogens is 2. The third-order valence-corrected chi connectivity index (χ3v) is 7.22. The average Bonchev–Trinajstić information content (AvgIpc) is 3.39. The third-order valence-electron chi connectivity index (χ3n) is 6.97. The van der Waals surface area contributed by atoms with Gasteiger partial charge in [-0.2, -0.15) is 5.10 Å². The summed E-state index contributed by atoms with van der Waals surface area (Å²) in [5.74, 6) is -0.950. The van der Waals surface area contributed by atoms with Gasteiger partial charge >= 0.3 is 5.97 Å². The highest BCUT2D eigenvalue weighted by Crippen LogP contribution is 2.53. The van der Waals surface area contributed by atoms with Crippen molar-refractivity contribution in [1.29, 1.82) is 0 Å². The molecule has 3 aromatic carbocycles. The zero-order valence-corrected chi connectivity index (χ0v) is 22.5. The van der Waals surface area contributed by atoms with E-state index in [-0.39, 0.29) is 0 Å². The first-order valence-corrected chi connectivity index (χ1v) is 12.8. The average molecular weight is 515 g/mol. The van der Waals surface area contributed by atoms with Crippen LogP contribution in [0.4, 0.5) is 0 Å². The van der Waals surface area contributed by atoms with Gasteiger partial charge in [0.15, 0.2) is 0 Å². The molecule has 5 rings (SSSR count). The minimum absolute atomic E-state index is 0.412. The fraction of sp³-hybridized carbons (Fsp3) is 0.290. The van der Waals surface area contributed by atoms with Crippen LogP contribution in [0.15, 0.2) is 84.9 Å². The smallest absolute Gasteiger partial charge is 0.346 e. The Bertz CT molecular complexity index is 1410. The topological polar surface area (TPSA) is 53.4 Å². The van der Waals surface area contributed by atoms with Crippen LogP contribution in [-0.4, -0.2) is 22.0 Å². The molecular weight excluding hydrogens is 484 g/mol. The van der Waals surface area contributed by atoms with Gasteiger partial charge in [0.05, 0.1) is 17.3 Å². The molecule has 0 radical (unpaired) electrons. The maximum Gasteiger partial charge on any atom is 0.346 e. The van der Waals surface area contributed by atoms with Gasteiger partial charge < -0.3 is 9.47 Å². The van der Waals surface area contributed by atoms with Gasteiger partial charge in [-0.15, -0.1) is 0 Å². The molecule has 1 saturated heterocycles. The highest BCUT2D eigenvalue weighted by Gasteiger charge is 2.60. The maximum absolute atomic E-state index is 14.1. The lowest BCUT2D eigenvalue weighted by molar-refractivity contribution is -0.157. The summed E-state index contributed by atoms with van der Waals surface area (Å²) >= 11 is 6.29. The number of aryl methyl sites for hydroxylation is 1. The Morgan fingerprint density at radius 1 is 0.919 bits per heavy atom. The molecule has 1 aliphatic heterocycles. The summed E-state index contributed by atoms with van der Waals surface area (Å²) in [6.45, 7) is 10.0. The van der Waals surface area contributed by atoms with Gasteiger partial charge in [0.2, 0.25) is 11.9 Å². The lowest BCUT2D eigenvalue weighted by Gasteiger charge is -2.36. The maximum atomic E-state index is 14.1. The van der Waals surface area contributed by atoms with E-state index >= 15 is 0 Å². The van der Waals surface area contributed by atoms with E-state index < -0.39 is 29.2 Å². The van der Waals surface area contributed by atoms with E-state index in [0.29, 0.717) is 5.02 Å². The zero-order valence-electron chi connectivity index (χ0n) is 21.7. The predicted molar refractivity (Wildman–Crippen MR) is 145 cm³/mol. The summed E-state index contributed by atoms with van der Waals surface area (Å²) in [5.41, 5.74) is 3.38. The molecule has 1 aromatic heterocycles. The highest BCUT2D eigenvalue weighted by molar-refractivity contribution is 6.30. The molecule has 37 heavy (non-hydrogen) atoms. The number of esters is 1. The Morgan fingerprint density at radius 3 is 2.08 bits per heavy atom. The molecule has 2 heterocycles. The second-order valence-electron chi connectivity index (χ2n) is 10.6. The number of hydrogen-bond acceptors (Lipinski definition) is 4. The second-order valence-corrected chi connectivity index (χ2v) is 11.1. The SMILES string of the molecule is Cc1nn(-c2ccccc2)c(C)c1[C@H](c1ccc(Cl)cc1)[C@@]1(c2ccccc2)O[C@H](C(C)(C)C)OC1=O. The van der Waals surface area contributed by atoms with E-state index in [1.807, 2.05) is 124 Å². The van der Waals surface area contributed by atoms with E-state index in [9.17, 15) is 4.79 Å². The number of cyclic esters (lactones) is 1. The fourth-order valence-corrected chi connectivity index (χ4v) is 5.28. The molecule has 6 heteroatoms. The molecule has 0 unspecified atom stereocenters. The number of carbonyl (C=O) groups is 1. The van der Waals surface area contributed by atoms with Gasteiger partial charge in [-0.3, -0.25) is 0 Å². The molecule has 0 bridgehead atoms. The number of halogens is 1. The minimum Gasteiger partial charge on any atom is -0.433 e. The van der Waals surface area contributed by atoms with Gasteiger partial charge in [-0.1, -0.05) is 93.0 Å². The monoisotopic (exact) mass is 514 g/mol. The summed E-state index contributed by atoms with van der Waals surface area (Å²) in [6, 6.07) is 27.2. The van der Waals surface area contributed by atoms with Crippen LogP contribution < -0.4 is 0 Å². The van der Waals surface area contributed by atoms with Crippen molar-refractivity contribution < 1.29 is 14.3 Å². The van der Waals surface area contributed by atoms with Crippen LogP contribution in [0.5, 0.6) is 0 Å². The molecule has 4 aromatic rings. The molecule has 1 aliphatic rings. The van der Waals surface area contributed by atoms with Crippen LogP contribution in [0.1, 0.15) is 54.8 Å². The van der Waals surface area contributed by atoms with Crippen molar-refractivity contribution in [3.8, 4) is 5.69 Å². The van der Waals surface area contributed by atoms with E-state index in [1.165, 1.54) is 0 Å². The van der Waals surface area contributed by atoms with Crippen molar-refractivity contribution >= 4 is 17.6 Å². The largest absolute Gasteiger partial charge is 0.433 e. The van der Waals surface area contributed by atoms with Crippen LogP contribution in [-0.2, 0) is 19.9 Å². The van der Waals surface area contributed by atoms with Crippen LogP contribution in [0.25, 0.3) is 5.69 Å². The molecule has 0 aliphatic carbocycles. The lowest BCUT2D eigenvalue weighted by atomic mass is 9.72. The van der Waals surface area contributed by atoms with Crippen molar-refractivity contribution in [3.05, 3.63) is 118 Å². The summed E-state index contributed by atoms with van der Waals surface area (Å²) < 4.78 is 14.7. The standard InChI is InChI=1S/C31H31ClN2O3/c1-20-26(21(2)34(33-20)25-14-10-7-11-15-25)27(22-16-18-24(32)19-17-22)31(23-12-8-6-9-13-23)28(35)36-29(37-31)30(3,4)5/h6-19,27,29H,1-5H3/t27-,29+,31+/m0/s1. The number of benzene rings is 3. The Balaban J connectivity index is 1.81. The molecule has 0 N–H and O–H groups in total. The van der Waals surface area contributed by atoms with Gasteiger partial charge in [0.1, 0.15) is 0 Å². The molecule has 0 saturated carbocycles. The van der Waals surface area contributed by atoms with Crippen LogP contribution in [0, 0.1) is 19.3 Å². The Labute approximate surface area is 223 Å². The van der Waals surface area contributed by atoms with E-state index in [2.05, 4.69) is 0 Å². The van der Waals surface area contributed by atoms with Crippen molar-refractivity contribution in [3.63, 3.8) is 0 Å². The van der Waals surface area contributed by atoms with Gasteiger partial charge in [0.25, 0.3) is 0 Å². The molecule has 0 spiro atoms. The van der Waals surface area contributed by atoms with Gasteiger partial charge in [-0.25, -0.2) is 9.48 Å². The Morgan fingerprint density at radius 2 is 1.51 bits per heavy atom. The van der Waals surface area contributed by atoms with Crippen molar-refractivity contribution in [2.24, 2.45) is 5.41 Å². The first-order chi connectivity index (χ1) is 17.6. The van der Waals surface area contributed by atoms with Crippen LogP contribution in [0.3, 0.4) is 0 Å². The molecule has 190 valence electrons. The van der Waals surface area contributed by atoms with E-state index in [4.69, 9.17) is 26.2 Å². The molecule has 5 nitrogen and oxygen atoms in total.